The molecule has 1 heterocycles. The highest BCUT2D eigenvalue weighted by Crippen LogP contribution is 2.16. The molecule has 0 fully saturated rings. The van der Waals surface area contributed by atoms with Crippen LogP contribution in [0.15, 0.2) is 53.5 Å². The van der Waals surface area contributed by atoms with Crippen LogP contribution in [0.4, 0.5) is 0 Å². The van der Waals surface area contributed by atoms with Gasteiger partial charge in [0.15, 0.2) is 0 Å². The monoisotopic (exact) mass is 367 g/mol. The lowest BCUT2D eigenvalue weighted by Crippen LogP contribution is -2.25. The van der Waals surface area contributed by atoms with Crippen molar-refractivity contribution < 1.29 is 0 Å². The number of aryl methyl sites for hydroxylation is 1. The fourth-order valence-electron chi connectivity index (χ4n) is 2.77. The summed E-state index contributed by atoms with van der Waals surface area (Å²) in [6.07, 6.45) is 6.71. The van der Waals surface area contributed by atoms with Crippen LogP contribution in [0.25, 0.3) is 22.9 Å². The van der Waals surface area contributed by atoms with Gasteiger partial charge in [-0.15, -0.1) is 0 Å². The number of nitrogens with zero attached hydrogens (tertiary/aromatic N) is 3. The van der Waals surface area contributed by atoms with Crippen molar-refractivity contribution in [2.75, 3.05) is 20.6 Å². The highest BCUT2D eigenvalue weighted by molar-refractivity contribution is 6.30. The molecule has 0 aliphatic rings. The van der Waals surface area contributed by atoms with Crippen molar-refractivity contribution in [1.82, 2.24) is 14.7 Å². The molecule has 0 aliphatic carbocycles. The van der Waals surface area contributed by atoms with Gasteiger partial charge in [-0.3, -0.25) is 4.79 Å². The molecule has 2 aromatic carbocycles. The van der Waals surface area contributed by atoms with E-state index in [2.05, 4.69) is 10.00 Å². The minimum absolute atomic E-state index is 0.0329. The topological polar surface area (TPSA) is 38.1 Å². The summed E-state index contributed by atoms with van der Waals surface area (Å²) in [6.45, 7) is 1.56. The lowest BCUT2D eigenvalue weighted by atomic mass is 10.1. The summed E-state index contributed by atoms with van der Waals surface area (Å²) in [7, 11) is 4.05. The van der Waals surface area contributed by atoms with E-state index in [0.29, 0.717) is 11.9 Å². The Morgan fingerprint density at radius 3 is 2.50 bits per heavy atom. The lowest BCUT2D eigenvalue weighted by molar-refractivity contribution is 0.378. The third-order valence-electron chi connectivity index (χ3n) is 4.19. The van der Waals surface area contributed by atoms with Crippen LogP contribution in [0.2, 0.25) is 5.02 Å². The molecule has 0 atom stereocenters. The van der Waals surface area contributed by atoms with Gasteiger partial charge in [0, 0.05) is 17.0 Å². The summed E-state index contributed by atoms with van der Waals surface area (Å²) in [6, 6.07) is 13.5. The summed E-state index contributed by atoms with van der Waals surface area (Å²) >= 11 is 5.90. The first-order chi connectivity index (χ1) is 12.5. The zero-order valence-electron chi connectivity index (χ0n) is 15.0. The SMILES string of the molecule is CN(C)CCCn1ncc2cc(C=Cc3ccc(Cl)cc3)ccc2c1=O. The van der Waals surface area contributed by atoms with E-state index in [1.54, 1.807) is 10.9 Å². The lowest BCUT2D eigenvalue weighted by Gasteiger charge is -2.10. The second-order valence-electron chi connectivity index (χ2n) is 6.56. The third-order valence-corrected chi connectivity index (χ3v) is 4.44. The first-order valence-electron chi connectivity index (χ1n) is 8.61. The molecule has 0 spiro atoms. The fourth-order valence-corrected chi connectivity index (χ4v) is 2.90. The molecule has 0 bridgehead atoms. The molecular weight excluding hydrogens is 346 g/mol. The molecule has 0 saturated heterocycles. The normalized spacial score (nSPS) is 11.7. The van der Waals surface area contributed by atoms with Gasteiger partial charge in [0.2, 0.25) is 0 Å². The largest absolute Gasteiger partial charge is 0.309 e. The smallest absolute Gasteiger partial charge is 0.274 e. The molecule has 134 valence electrons. The van der Waals surface area contributed by atoms with E-state index in [0.717, 1.165) is 34.5 Å². The van der Waals surface area contributed by atoms with Crippen molar-refractivity contribution in [2.24, 2.45) is 0 Å². The Balaban J connectivity index is 1.81. The van der Waals surface area contributed by atoms with Gasteiger partial charge < -0.3 is 4.90 Å². The van der Waals surface area contributed by atoms with Crippen LogP contribution >= 0.6 is 11.6 Å². The van der Waals surface area contributed by atoms with Gasteiger partial charge in [-0.05, 0) is 62.5 Å². The van der Waals surface area contributed by atoms with E-state index in [-0.39, 0.29) is 5.56 Å². The minimum atomic E-state index is -0.0329. The number of halogens is 1. The first kappa shape index (κ1) is 18.4. The zero-order chi connectivity index (χ0) is 18.5. The molecule has 0 aliphatic heterocycles. The molecule has 0 N–H and O–H groups in total. The molecule has 3 rings (SSSR count). The van der Waals surface area contributed by atoms with Gasteiger partial charge >= 0.3 is 0 Å². The number of benzene rings is 2. The van der Waals surface area contributed by atoms with Crippen LogP contribution in [0.3, 0.4) is 0 Å². The summed E-state index contributed by atoms with van der Waals surface area (Å²) in [5.74, 6) is 0. The number of rotatable bonds is 6. The average Bonchev–Trinajstić information content (AvgIpc) is 2.63. The number of hydrogen-bond donors (Lipinski definition) is 0. The predicted molar refractivity (Wildman–Crippen MR) is 110 cm³/mol. The van der Waals surface area contributed by atoms with Crippen molar-refractivity contribution in [3.8, 4) is 0 Å². The minimum Gasteiger partial charge on any atom is -0.309 e. The van der Waals surface area contributed by atoms with Crippen LogP contribution in [0, 0.1) is 0 Å². The summed E-state index contributed by atoms with van der Waals surface area (Å²) in [5, 5.41) is 6.60. The summed E-state index contributed by atoms with van der Waals surface area (Å²) < 4.78 is 1.55. The second kappa shape index (κ2) is 8.30. The molecular formula is C21H22ClN3O. The molecule has 1 aromatic heterocycles. The molecule has 4 nitrogen and oxygen atoms in total. The number of hydrogen-bond acceptors (Lipinski definition) is 3. The van der Waals surface area contributed by atoms with Crippen molar-refractivity contribution in [1.29, 1.82) is 0 Å². The Morgan fingerprint density at radius 2 is 1.77 bits per heavy atom. The molecule has 5 heteroatoms. The number of fused-ring (bicyclic) bond motifs is 1. The second-order valence-corrected chi connectivity index (χ2v) is 7.00. The molecule has 26 heavy (non-hydrogen) atoms. The Kier molecular flexibility index (Phi) is 5.86. The fraction of sp³-hybridized carbons (Fsp3) is 0.238. The van der Waals surface area contributed by atoms with Crippen LogP contribution in [-0.2, 0) is 6.54 Å². The van der Waals surface area contributed by atoms with Crippen LogP contribution < -0.4 is 5.56 Å². The van der Waals surface area contributed by atoms with E-state index in [1.165, 1.54) is 0 Å². The Labute approximate surface area is 158 Å². The Bertz CT molecular complexity index is 975. The van der Waals surface area contributed by atoms with Crippen LogP contribution in [-0.4, -0.2) is 35.3 Å². The Morgan fingerprint density at radius 1 is 1.08 bits per heavy atom. The van der Waals surface area contributed by atoms with Crippen molar-refractivity contribution in [3.63, 3.8) is 0 Å². The summed E-state index contributed by atoms with van der Waals surface area (Å²) in [5.41, 5.74) is 2.07. The molecule has 0 saturated carbocycles. The average molecular weight is 368 g/mol. The van der Waals surface area contributed by atoms with Crippen molar-refractivity contribution in [2.45, 2.75) is 13.0 Å². The first-order valence-corrected chi connectivity index (χ1v) is 8.99. The molecule has 0 unspecified atom stereocenters. The Hall–Kier alpha value is -2.43. The predicted octanol–water partition coefficient (Wildman–Crippen LogP) is 4.17. The maximum Gasteiger partial charge on any atom is 0.274 e. The quantitative estimate of drug-likeness (QED) is 0.613. The van der Waals surface area contributed by atoms with Gasteiger partial charge in [-0.1, -0.05) is 42.0 Å². The molecule has 0 amide bonds. The van der Waals surface area contributed by atoms with Crippen LogP contribution in [0.5, 0.6) is 0 Å². The van der Waals surface area contributed by atoms with Gasteiger partial charge in [0.25, 0.3) is 5.56 Å². The zero-order valence-corrected chi connectivity index (χ0v) is 15.8. The summed E-state index contributed by atoms with van der Waals surface area (Å²) in [4.78, 5) is 14.7. The highest BCUT2D eigenvalue weighted by Gasteiger charge is 2.04. The number of aromatic nitrogens is 2. The molecule has 3 aromatic rings. The standard InChI is InChI=1S/C21H22ClN3O/c1-24(2)12-3-13-25-21(26)20-11-8-17(14-18(20)15-23-25)5-4-16-6-9-19(22)10-7-16/h4-11,14-15H,3,12-13H2,1-2H3. The van der Waals surface area contributed by atoms with Crippen molar-refractivity contribution in [3.05, 3.63) is 75.2 Å². The van der Waals surface area contributed by atoms with Gasteiger partial charge in [0.1, 0.15) is 0 Å². The maximum absolute atomic E-state index is 12.6. The molecule has 0 radical (unpaired) electrons. The van der Waals surface area contributed by atoms with E-state index >= 15 is 0 Å². The van der Waals surface area contributed by atoms with Crippen molar-refractivity contribution >= 4 is 34.5 Å². The van der Waals surface area contributed by atoms with E-state index in [9.17, 15) is 4.79 Å². The van der Waals surface area contributed by atoms with Gasteiger partial charge in [0.05, 0.1) is 11.6 Å². The van der Waals surface area contributed by atoms with E-state index in [4.69, 9.17) is 11.6 Å². The third kappa shape index (κ3) is 4.59. The van der Waals surface area contributed by atoms with E-state index in [1.807, 2.05) is 68.7 Å². The highest BCUT2D eigenvalue weighted by atomic mass is 35.5. The van der Waals surface area contributed by atoms with Gasteiger partial charge in [-0.25, -0.2) is 4.68 Å². The van der Waals surface area contributed by atoms with Gasteiger partial charge in [-0.2, -0.15) is 5.10 Å². The van der Waals surface area contributed by atoms with E-state index < -0.39 is 0 Å². The maximum atomic E-state index is 12.6. The van der Waals surface area contributed by atoms with Crippen LogP contribution in [0.1, 0.15) is 17.5 Å².